The predicted molar refractivity (Wildman–Crippen MR) is 78.1 cm³/mol. The van der Waals surface area contributed by atoms with E-state index in [2.05, 4.69) is 15.1 Å². The highest BCUT2D eigenvalue weighted by Gasteiger charge is 2.18. The number of rotatable bonds is 4. The Morgan fingerprint density at radius 2 is 1.95 bits per heavy atom. The first-order chi connectivity index (χ1) is 10.6. The molecule has 2 aromatic heterocycles. The van der Waals surface area contributed by atoms with Crippen molar-refractivity contribution in [3.05, 3.63) is 70.2 Å². The summed E-state index contributed by atoms with van der Waals surface area (Å²) in [6.07, 6.45) is 1.66. The van der Waals surface area contributed by atoms with Gasteiger partial charge in [0.2, 0.25) is 11.7 Å². The Bertz CT molecular complexity index is 784. The lowest BCUT2D eigenvalue weighted by molar-refractivity contribution is -0.384. The van der Waals surface area contributed by atoms with E-state index in [1.165, 1.54) is 12.1 Å². The van der Waals surface area contributed by atoms with E-state index in [0.29, 0.717) is 17.4 Å². The summed E-state index contributed by atoms with van der Waals surface area (Å²) in [4.78, 5) is 18.7. The zero-order valence-corrected chi connectivity index (χ0v) is 11.7. The number of hydrogen-bond acceptors (Lipinski definition) is 6. The van der Waals surface area contributed by atoms with E-state index in [0.717, 1.165) is 5.56 Å². The van der Waals surface area contributed by atoms with Crippen molar-refractivity contribution in [1.82, 2.24) is 15.1 Å². The fraction of sp³-hybridized carbons (Fsp3) is 0.133. The van der Waals surface area contributed by atoms with Crippen LogP contribution < -0.4 is 0 Å². The smallest absolute Gasteiger partial charge is 0.269 e. The minimum atomic E-state index is -0.430. The standard InChI is InChI=1S/C15H12N4O3/c1-10(11-5-7-12(8-6-11)19(20)21)15-17-14(18-22-15)13-4-2-3-9-16-13/h2-10H,1H3. The molecule has 0 bridgehead atoms. The third kappa shape index (κ3) is 2.69. The van der Waals surface area contributed by atoms with Crippen molar-refractivity contribution in [3.63, 3.8) is 0 Å². The quantitative estimate of drug-likeness (QED) is 0.542. The maximum Gasteiger partial charge on any atom is 0.269 e. The van der Waals surface area contributed by atoms with Crippen molar-refractivity contribution < 1.29 is 9.45 Å². The van der Waals surface area contributed by atoms with Crippen LogP contribution >= 0.6 is 0 Å². The molecular weight excluding hydrogens is 284 g/mol. The topological polar surface area (TPSA) is 95.0 Å². The molecule has 7 nitrogen and oxygen atoms in total. The van der Waals surface area contributed by atoms with Gasteiger partial charge in [-0.25, -0.2) is 0 Å². The molecule has 0 N–H and O–H groups in total. The van der Waals surface area contributed by atoms with E-state index in [1.807, 2.05) is 19.1 Å². The van der Waals surface area contributed by atoms with Gasteiger partial charge in [0.1, 0.15) is 5.69 Å². The van der Waals surface area contributed by atoms with Crippen molar-refractivity contribution in [2.24, 2.45) is 0 Å². The van der Waals surface area contributed by atoms with Gasteiger partial charge in [-0.05, 0) is 24.6 Å². The molecule has 3 aromatic rings. The van der Waals surface area contributed by atoms with Crippen LogP contribution in [0.25, 0.3) is 11.5 Å². The van der Waals surface area contributed by atoms with E-state index in [9.17, 15) is 10.1 Å². The van der Waals surface area contributed by atoms with Crippen LogP contribution in [0.1, 0.15) is 24.3 Å². The lowest BCUT2D eigenvalue weighted by atomic mass is 10.0. The van der Waals surface area contributed by atoms with Crippen LogP contribution in [0.3, 0.4) is 0 Å². The largest absolute Gasteiger partial charge is 0.338 e. The van der Waals surface area contributed by atoms with Gasteiger partial charge in [0.25, 0.3) is 5.69 Å². The van der Waals surface area contributed by atoms with Crippen LogP contribution in [0, 0.1) is 10.1 Å². The minimum absolute atomic E-state index is 0.0515. The van der Waals surface area contributed by atoms with E-state index < -0.39 is 4.92 Å². The molecule has 0 radical (unpaired) electrons. The van der Waals surface area contributed by atoms with Gasteiger partial charge in [-0.15, -0.1) is 0 Å². The van der Waals surface area contributed by atoms with Crippen LogP contribution in [0.5, 0.6) is 0 Å². The first-order valence-electron chi connectivity index (χ1n) is 6.64. The highest BCUT2D eigenvalue weighted by Crippen LogP contribution is 2.26. The summed E-state index contributed by atoms with van der Waals surface area (Å²) in [5, 5.41) is 14.6. The van der Waals surface area contributed by atoms with Gasteiger partial charge in [-0.2, -0.15) is 4.98 Å². The molecule has 0 saturated carbocycles. The van der Waals surface area contributed by atoms with Crippen LogP contribution in [0.2, 0.25) is 0 Å². The average molecular weight is 296 g/mol. The molecule has 0 amide bonds. The van der Waals surface area contributed by atoms with Gasteiger partial charge < -0.3 is 4.52 Å². The van der Waals surface area contributed by atoms with E-state index in [-0.39, 0.29) is 11.6 Å². The monoisotopic (exact) mass is 296 g/mol. The van der Waals surface area contributed by atoms with Gasteiger partial charge >= 0.3 is 0 Å². The number of nitro benzene ring substituents is 1. The zero-order valence-electron chi connectivity index (χ0n) is 11.7. The fourth-order valence-corrected chi connectivity index (χ4v) is 2.04. The first kappa shape index (κ1) is 13.9. The van der Waals surface area contributed by atoms with Gasteiger partial charge in [0.15, 0.2) is 0 Å². The SMILES string of the molecule is CC(c1ccc([N+](=O)[O-])cc1)c1nc(-c2ccccn2)no1. The summed E-state index contributed by atoms with van der Waals surface area (Å²) < 4.78 is 5.28. The summed E-state index contributed by atoms with van der Waals surface area (Å²) in [6, 6.07) is 11.7. The second-order valence-corrected chi connectivity index (χ2v) is 4.74. The maximum absolute atomic E-state index is 10.7. The number of hydrogen-bond donors (Lipinski definition) is 0. The highest BCUT2D eigenvalue weighted by atomic mass is 16.6. The predicted octanol–water partition coefficient (Wildman–Crippen LogP) is 3.19. The summed E-state index contributed by atoms with van der Waals surface area (Å²) >= 11 is 0. The van der Waals surface area contributed by atoms with Gasteiger partial charge in [0.05, 0.1) is 10.8 Å². The van der Waals surface area contributed by atoms with Gasteiger partial charge in [-0.3, -0.25) is 15.1 Å². The Balaban J connectivity index is 1.85. The molecule has 0 saturated heterocycles. The molecule has 0 spiro atoms. The molecule has 0 aliphatic carbocycles. The second kappa shape index (κ2) is 5.72. The number of pyridine rings is 1. The number of nitro groups is 1. The Kier molecular flexibility index (Phi) is 3.61. The van der Waals surface area contributed by atoms with Crippen LogP contribution in [-0.2, 0) is 0 Å². The van der Waals surface area contributed by atoms with E-state index in [4.69, 9.17) is 4.52 Å². The molecule has 0 aliphatic heterocycles. The van der Waals surface area contributed by atoms with Crippen molar-refractivity contribution in [2.45, 2.75) is 12.8 Å². The molecule has 22 heavy (non-hydrogen) atoms. The Hall–Kier alpha value is -3.09. The van der Waals surface area contributed by atoms with Crippen LogP contribution in [0.4, 0.5) is 5.69 Å². The average Bonchev–Trinajstić information content (AvgIpc) is 3.05. The molecule has 1 aromatic carbocycles. The molecule has 0 aliphatic rings. The third-order valence-corrected chi connectivity index (χ3v) is 3.31. The molecule has 7 heteroatoms. The molecule has 1 unspecified atom stereocenters. The second-order valence-electron chi connectivity index (χ2n) is 4.74. The molecule has 3 rings (SSSR count). The van der Waals surface area contributed by atoms with Crippen LogP contribution in [0.15, 0.2) is 53.2 Å². The minimum Gasteiger partial charge on any atom is -0.338 e. The van der Waals surface area contributed by atoms with Crippen molar-refractivity contribution in [2.75, 3.05) is 0 Å². The maximum atomic E-state index is 10.7. The Morgan fingerprint density at radius 1 is 1.18 bits per heavy atom. The molecular formula is C15H12N4O3. The summed E-state index contributed by atoms with van der Waals surface area (Å²) in [6.45, 7) is 1.90. The summed E-state index contributed by atoms with van der Waals surface area (Å²) in [5.41, 5.74) is 1.55. The number of nitrogens with zero attached hydrogens (tertiary/aromatic N) is 4. The van der Waals surface area contributed by atoms with Crippen molar-refractivity contribution >= 4 is 5.69 Å². The normalized spacial score (nSPS) is 12.0. The third-order valence-electron chi connectivity index (χ3n) is 3.31. The molecule has 2 heterocycles. The molecule has 0 fully saturated rings. The van der Waals surface area contributed by atoms with Crippen LogP contribution in [-0.4, -0.2) is 20.0 Å². The summed E-state index contributed by atoms with van der Waals surface area (Å²) in [7, 11) is 0. The van der Waals surface area contributed by atoms with Crippen molar-refractivity contribution in [3.8, 4) is 11.5 Å². The highest BCUT2D eigenvalue weighted by molar-refractivity contribution is 5.47. The molecule has 110 valence electrons. The fourth-order valence-electron chi connectivity index (χ4n) is 2.04. The lowest BCUT2D eigenvalue weighted by Gasteiger charge is -2.05. The number of non-ortho nitro benzene ring substituents is 1. The van der Waals surface area contributed by atoms with E-state index >= 15 is 0 Å². The van der Waals surface area contributed by atoms with Gasteiger partial charge in [-0.1, -0.05) is 23.4 Å². The number of benzene rings is 1. The van der Waals surface area contributed by atoms with E-state index in [1.54, 1.807) is 24.4 Å². The summed E-state index contributed by atoms with van der Waals surface area (Å²) in [5.74, 6) is 0.699. The van der Waals surface area contributed by atoms with Gasteiger partial charge in [0, 0.05) is 18.3 Å². The molecule has 1 atom stereocenters. The Morgan fingerprint density at radius 3 is 2.59 bits per heavy atom. The Labute approximate surface area is 125 Å². The zero-order chi connectivity index (χ0) is 15.5. The first-order valence-corrected chi connectivity index (χ1v) is 6.64. The number of aromatic nitrogens is 3. The lowest BCUT2D eigenvalue weighted by Crippen LogP contribution is -1.97. The van der Waals surface area contributed by atoms with Crippen molar-refractivity contribution in [1.29, 1.82) is 0 Å².